The van der Waals surface area contributed by atoms with Gasteiger partial charge in [0, 0.05) is 5.56 Å². The Hall–Kier alpha value is -4.11. The van der Waals surface area contributed by atoms with Crippen LogP contribution in [0, 0.1) is 0 Å². The van der Waals surface area contributed by atoms with Crippen molar-refractivity contribution < 1.29 is 28.6 Å². The number of thiazole rings is 1. The van der Waals surface area contributed by atoms with Gasteiger partial charge in [-0.15, -0.1) is 0 Å². The summed E-state index contributed by atoms with van der Waals surface area (Å²) in [5.41, 5.74) is 0.992. The molecule has 2 aromatic heterocycles. The number of furan rings is 1. The molecule has 1 saturated heterocycles. The highest BCUT2D eigenvalue weighted by Crippen LogP contribution is 2.44. The lowest BCUT2D eigenvalue weighted by Crippen LogP contribution is -2.29. The zero-order valence-corrected chi connectivity index (χ0v) is 20.6. The van der Waals surface area contributed by atoms with Gasteiger partial charge in [-0.25, -0.2) is 4.98 Å². The molecule has 0 radical (unpaired) electrons. The second-order valence-electron chi connectivity index (χ2n) is 8.12. The molecule has 8 nitrogen and oxygen atoms in total. The SMILES string of the molecule is CCCOc1ccc(C(O)=C2C(=O)C(=O)N(c3nc4ccc(OCC)cc4s3)C2c2ccco2)cc1. The number of Topliss-reactive ketones (excluding diaryl/α,β-unsaturated/α-hetero) is 1. The van der Waals surface area contributed by atoms with Crippen LogP contribution in [0.2, 0.25) is 0 Å². The zero-order valence-electron chi connectivity index (χ0n) is 19.8. The molecule has 1 aliphatic heterocycles. The minimum Gasteiger partial charge on any atom is -0.507 e. The molecule has 2 aromatic carbocycles. The van der Waals surface area contributed by atoms with Gasteiger partial charge in [0.2, 0.25) is 0 Å². The lowest BCUT2D eigenvalue weighted by atomic mass is 9.99. The molecule has 1 unspecified atom stereocenters. The first-order valence-electron chi connectivity index (χ1n) is 11.6. The Morgan fingerprint density at radius 1 is 1.08 bits per heavy atom. The molecule has 4 aromatic rings. The van der Waals surface area contributed by atoms with Crippen LogP contribution in [0.3, 0.4) is 0 Å². The van der Waals surface area contributed by atoms with Gasteiger partial charge in [-0.05, 0) is 67.9 Å². The summed E-state index contributed by atoms with van der Waals surface area (Å²) in [6.07, 6.45) is 2.33. The Kier molecular flexibility index (Phi) is 6.47. The van der Waals surface area contributed by atoms with Crippen LogP contribution in [-0.2, 0) is 9.59 Å². The van der Waals surface area contributed by atoms with Crippen molar-refractivity contribution in [3.05, 3.63) is 77.8 Å². The van der Waals surface area contributed by atoms with Crippen LogP contribution in [0.1, 0.15) is 37.6 Å². The van der Waals surface area contributed by atoms with Crippen LogP contribution in [0.4, 0.5) is 5.13 Å². The molecular weight excluding hydrogens is 480 g/mol. The summed E-state index contributed by atoms with van der Waals surface area (Å²) in [5, 5.41) is 11.5. The number of ketones is 1. The number of nitrogens with zero attached hydrogens (tertiary/aromatic N) is 2. The number of carbonyl (C=O) groups excluding carboxylic acids is 2. The van der Waals surface area contributed by atoms with Crippen molar-refractivity contribution in [2.24, 2.45) is 0 Å². The summed E-state index contributed by atoms with van der Waals surface area (Å²) >= 11 is 1.26. The predicted molar refractivity (Wildman–Crippen MR) is 137 cm³/mol. The summed E-state index contributed by atoms with van der Waals surface area (Å²) in [5.74, 6) is -0.208. The van der Waals surface area contributed by atoms with Gasteiger partial charge < -0.3 is 19.0 Å². The predicted octanol–water partition coefficient (Wildman–Crippen LogP) is 5.70. The average molecular weight is 505 g/mol. The molecule has 1 aliphatic rings. The highest BCUT2D eigenvalue weighted by molar-refractivity contribution is 7.22. The second-order valence-corrected chi connectivity index (χ2v) is 9.13. The lowest BCUT2D eigenvalue weighted by Gasteiger charge is -2.20. The van der Waals surface area contributed by atoms with Crippen LogP contribution in [0.25, 0.3) is 16.0 Å². The maximum atomic E-state index is 13.3. The van der Waals surface area contributed by atoms with Gasteiger partial charge in [-0.2, -0.15) is 0 Å². The summed E-state index contributed by atoms with van der Waals surface area (Å²) in [4.78, 5) is 32.4. The third-order valence-electron chi connectivity index (χ3n) is 5.72. The van der Waals surface area contributed by atoms with E-state index in [1.165, 1.54) is 22.5 Å². The quantitative estimate of drug-likeness (QED) is 0.186. The van der Waals surface area contributed by atoms with Gasteiger partial charge >= 0.3 is 5.91 Å². The summed E-state index contributed by atoms with van der Waals surface area (Å²) in [7, 11) is 0. The maximum Gasteiger partial charge on any atom is 0.302 e. The fourth-order valence-corrected chi connectivity index (χ4v) is 5.10. The van der Waals surface area contributed by atoms with E-state index >= 15 is 0 Å². The van der Waals surface area contributed by atoms with E-state index in [1.54, 1.807) is 48.5 Å². The van der Waals surface area contributed by atoms with Crippen molar-refractivity contribution in [1.82, 2.24) is 4.98 Å². The monoisotopic (exact) mass is 504 g/mol. The Morgan fingerprint density at radius 3 is 2.56 bits per heavy atom. The fraction of sp³-hybridized carbons (Fsp3) is 0.222. The number of ether oxygens (including phenoxy) is 2. The molecule has 1 fully saturated rings. The number of anilines is 1. The van der Waals surface area contributed by atoms with Gasteiger partial charge in [-0.3, -0.25) is 14.5 Å². The smallest absolute Gasteiger partial charge is 0.302 e. The number of aliphatic hydroxyl groups is 1. The topological polar surface area (TPSA) is 102 Å². The normalized spacial score (nSPS) is 17.2. The van der Waals surface area contributed by atoms with E-state index in [0.717, 1.165) is 11.1 Å². The summed E-state index contributed by atoms with van der Waals surface area (Å²) in [6.45, 7) is 5.01. The van der Waals surface area contributed by atoms with Gasteiger partial charge in [0.25, 0.3) is 5.78 Å². The van der Waals surface area contributed by atoms with E-state index in [0.29, 0.717) is 46.7 Å². The number of amides is 1. The van der Waals surface area contributed by atoms with E-state index in [2.05, 4.69) is 4.98 Å². The Labute approximate surface area is 211 Å². The highest BCUT2D eigenvalue weighted by Gasteiger charge is 2.49. The number of hydrogen-bond acceptors (Lipinski definition) is 8. The minimum atomic E-state index is -0.969. The van der Waals surface area contributed by atoms with Crippen molar-refractivity contribution >= 4 is 44.1 Å². The third kappa shape index (κ3) is 4.22. The Bertz CT molecular complexity index is 1440. The first-order valence-corrected chi connectivity index (χ1v) is 12.4. The number of carbonyl (C=O) groups is 2. The van der Waals surface area contributed by atoms with E-state index < -0.39 is 17.7 Å². The second kappa shape index (κ2) is 9.87. The van der Waals surface area contributed by atoms with E-state index in [1.807, 2.05) is 19.9 Å². The van der Waals surface area contributed by atoms with Crippen LogP contribution in [0.15, 0.2) is 70.9 Å². The van der Waals surface area contributed by atoms with Gasteiger partial charge in [0.15, 0.2) is 5.13 Å². The highest BCUT2D eigenvalue weighted by atomic mass is 32.1. The van der Waals surface area contributed by atoms with Gasteiger partial charge in [0.05, 0.1) is 35.3 Å². The van der Waals surface area contributed by atoms with Crippen molar-refractivity contribution in [1.29, 1.82) is 0 Å². The van der Waals surface area contributed by atoms with Gasteiger partial charge in [0.1, 0.15) is 29.1 Å². The first-order chi connectivity index (χ1) is 17.5. The number of fused-ring (bicyclic) bond motifs is 1. The van der Waals surface area contributed by atoms with Crippen molar-refractivity contribution in [2.45, 2.75) is 26.3 Å². The first kappa shape index (κ1) is 23.6. The number of hydrogen-bond donors (Lipinski definition) is 1. The Morgan fingerprint density at radius 2 is 1.86 bits per heavy atom. The minimum absolute atomic E-state index is 0.0635. The molecule has 9 heteroatoms. The molecule has 0 saturated carbocycles. The van der Waals surface area contributed by atoms with Gasteiger partial charge in [-0.1, -0.05) is 18.3 Å². The zero-order chi connectivity index (χ0) is 25.2. The van der Waals surface area contributed by atoms with Crippen molar-refractivity contribution in [3.63, 3.8) is 0 Å². The largest absolute Gasteiger partial charge is 0.507 e. The number of rotatable bonds is 8. The van der Waals surface area contributed by atoms with E-state index in [4.69, 9.17) is 13.9 Å². The molecule has 0 bridgehead atoms. The summed E-state index contributed by atoms with van der Waals surface area (Å²) in [6, 6.07) is 14.6. The summed E-state index contributed by atoms with van der Waals surface area (Å²) < 4.78 is 17.6. The molecule has 36 heavy (non-hydrogen) atoms. The molecule has 1 N–H and O–H groups in total. The molecule has 1 amide bonds. The van der Waals surface area contributed by atoms with Crippen molar-refractivity contribution in [3.8, 4) is 11.5 Å². The van der Waals surface area contributed by atoms with E-state index in [9.17, 15) is 14.7 Å². The number of aliphatic hydroxyl groups excluding tert-OH is 1. The van der Waals surface area contributed by atoms with Crippen LogP contribution in [-0.4, -0.2) is 35.0 Å². The standard InChI is InChI=1S/C27H24N2O6S/c1-3-13-34-17-9-7-16(8-10-17)24(30)22-23(20-6-5-14-35-20)29(26(32)25(22)31)27-28-19-12-11-18(33-4-2)15-21(19)36-27/h5-12,14-15,23,30H,3-4,13H2,1-2H3. The van der Waals surface area contributed by atoms with E-state index in [-0.39, 0.29) is 11.3 Å². The number of benzene rings is 2. The maximum absolute atomic E-state index is 13.3. The third-order valence-corrected chi connectivity index (χ3v) is 6.74. The number of aromatic nitrogens is 1. The molecular formula is C27H24N2O6S. The molecule has 1 atom stereocenters. The Balaban J connectivity index is 1.59. The molecule has 184 valence electrons. The molecule has 5 rings (SSSR count). The van der Waals surface area contributed by atoms with Crippen LogP contribution < -0.4 is 14.4 Å². The van der Waals surface area contributed by atoms with Crippen molar-refractivity contribution in [2.75, 3.05) is 18.1 Å². The van der Waals surface area contributed by atoms with Crippen LogP contribution in [0.5, 0.6) is 11.5 Å². The molecule has 3 heterocycles. The fourth-order valence-electron chi connectivity index (χ4n) is 4.08. The lowest BCUT2D eigenvalue weighted by molar-refractivity contribution is -0.132. The molecule has 0 spiro atoms. The van der Waals surface area contributed by atoms with Crippen LogP contribution >= 0.6 is 11.3 Å². The molecule has 0 aliphatic carbocycles. The average Bonchev–Trinajstić information content (AvgIpc) is 3.61.